The highest BCUT2D eigenvalue weighted by molar-refractivity contribution is 7.92. The first kappa shape index (κ1) is 23.3. The number of amides is 1. The van der Waals surface area contributed by atoms with Crippen molar-refractivity contribution in [2.24, 2.45) is 5.92 Å². The quantitative estimate of drug-likeness (QED) is 0.376. The minimum absolute atomic E-state index is 0.0196. The number of hydrogen-bond donors (Lipinski definition) is 2. The van der Waals surface area contributed by atoms with Gasteiger partial charge in [-0.25, -0.2) is 42.7 Å². The fraction of sp³-hybridized carbons (Fsp3) is 0.227. The lowest BCUT2D eigenvalue weighted by Crippen LogP contribution is -2.41. The molecule has 1 saturated heterocycles. The molecule has 0 bridgehead atoms. The van der Waals surface area contributed by atoms with Crippen LogP contribution in [0.4, 0.5) is 17.5 Å². The van der Waals surface area contributed by atoms with E-state index in [0.717, 1.165) is 19.4 Å². The maximum Gasteiger partial charge on any atom is 0.264 e. The Kier molecular flexibility index (Phi) is 6.49. The summed E-state index contributed by atoms with van der Waals surface area (Å²) in [7, 11) is -3.85. The molecule has 36 heavy (non-hydrogen) atoms. The first-order valence-corrected chi connectivity index (χ1v) is 12.6. The van der Waals surface area contributed by atoms with Crippen molar-refractivity contribution >= 4 is 33.4 Å². The van der Waals surface area contributed by atoms with Gasteiger partial charge in [-0.15, -0.1) is 0 Å². The van der Waals surface area contributed by atoms with Crippen LogP contribution in [0.1, 0.15) is 12.8 Å². The second-order valence-electron chi connectivity index (χ2n) is 8.05. The lowest BCUT2D eigenvalue weighted by atomic mass is 9.97. The number of rotatable bonds is 7. The van der Waals surface area contributed by atoms with Crippen LogP contribution in [0.5, 0.6) is 0 Å². The first-order valence-electron chi connectivity index (χ1n) is 11.1. The Bertz CT molecular complexity index is 1430. The zero-order chi connectivity index (χ0) is 25.0. The van der Waals surface area contributed by atoms with E-state index in [4.69, 9.17) is 0 Å². The highest BCUT2D eigenvalue weighted by atomic mass is 32.2. The van der Waals surface area contributed by atoms with Gasteiger partial charge in [-0.2, -0.15) is 5.10 Å². The van der Waals surface area contributed by atoms with Gasteiger partial charge in [0.05, 0.1) is 10.8 Å². The maximum atomic E-state index is 13.0. The number of nitrogens with zero attached hydrogens (tertiary/aromatic N) is 8. The van der Waals surface area contributed by atoms with Crippen molar-refractivity contribution in [1.29, 1.82) is 0 Å². The molecular weight excluding hydrogens is 484 g/mol. The molecule has 0 saturated carbocycles. The number of sulfonamides is 1. The number of anilines is 3. The normalized spacial score (nSPS) is 15.9. The van der Waals surface area contributed by atoms with Crippen molar-refractivity contribution in [2.45, 2.75) is 17.7 Å². The van der Waals surface area contributed by atoms with E-state index in [2.05, 4.69) is 40.1 Å². The predicted molar refractivity (Wildman–Crippen MR) is 130 cm³/mol. The molecule has 4 heterocycles. The minimum atomic E-state index is -3.85. The SMILES string of the molecule is O=C(Nc1ccc(S(=O)(=O)Nc2ncccn2)cc1)C1CCCN(c2cc(-n3cncn3)ncn2)C1. The molecule has 13 nitrogen and oxygen atoms in total. The summed E-state index contributed by atoms with van der Waals surface area (Å²) < 4.78 is 29.0. The molecule has 4 aromatic rings. The predicted octanol–water partition coefficient (Wildman–Crippen LogP) is 1.50. The van der Waals surface area contributed by atoms with E-state index in [1.807, 2.05) is 11.0 Å². The third-order valence-electron chi connectivity index (χ3n) is 5.63. The van der Waals surface area contributed by atoms with E-state index in [9.17, 15) is 13.2 Å². The van der Waals surface area contributed by atoms with Gasteiger partial charge in [0.2, 0.25) is 11.9 Å². The molecule has 3 aromatic heterocycles. The van der Waals surface area contributed by atoms with Gasteiger partial charge < -0.3 is 10.2 Å². The van der Waals surface area contributed by atoms with E-state index in [1.54, 1.807) is 29.2 Å². The molecule has 1 atom stereocenters. The lowest BCUT2D eigenvalue weighted by Gasteiger charge is -2.32. The molecule has 2 N–H and O–H groups in total. The van der Waals surface area contributed by atoms with Crippen LogP contribution >= 0.6 is 0 Å². The Balaban J connectivity index is 1.22. The zero-order valence-electron chi connectivity index (χ0n) is 19.0. The summed E-state index contributed by atoms with van der Waals surface area (Å²) in [6, 6.07) is 9.33. The lowest BCUT2D eigenvalue weighted by molar-refractivity contribution is -0.120. The second-order valence-corrected chi connectivity index (χ2v) is 9.73. The Morgan fingerprint density at radius 2 is 1.78 bits per heavy atom. The highest BCUT2D eigenvalue weighted by Crippen LogP contribution is 2.24. The van der Waals surface area contributed by atoms with Gasteiger partial charge in [0.25, 0.3) is 10.0 Å². The standard InChI is InChI=1S/C22H22N10O3S/c33-21(29-17-4-6-18(7-5-17)36(34,35)30-22-24-8-2-9-25-22)16-3-1-10-31(12-16)19-11-20(27-14-26-19)32-15-23-13-28-32/h2,4-9,11,13-16H,1,3,10,12H2,(H,29,33)(H,24,25,30). The Morgan fingerprint density at radius 1 is 1.00 bits per heavy atom. The average Bonchev–Trinajstić information content (AvgIpc) is 3.45. The number of nitrogens with one attached hydrogen (secondary N) is 2. The first-order chi connectivity index (χ1) is 17.5. The number of benzene rings is 1. The van der Waals surface area contributed by atoms with Crippen LogP contribution in [0.25, 0.3) is 5.82 Å². The molecule has 0 spiro atoms. The smallest absolute Gasteiger partial charge is 0.264 e. The summed E-state index contributed by atoms with van der Waals surface area (Å²) in [5, 5.41) is 6.97. The van der Waals surface area contributed by atoms with E-state index in [0.29, 0.717) is 23.9 Å². The molecule has 1 amide bonds. The molecule has 0 radical (unpaired) electrons. The van der Waals surface area contributed by atoms with Crippen LogP contribution in [0, 0.1) is 5.92 Å². The molecule has 1 aromatic carbocycles. The van der Waals surface area contributed by atoms with Crippen LogP contribution < -0.4 is 14.9 Å². The summed E-state index contributed by atoms with van der Waals surface area (Å²) in [5.41, 5.74) is 0.502. The van der Waals surface area contributed by atoms with Crippen molar-refractivity contribution in [3.63, 3.8) is 0 Å². The second kappa shape index (κ2) is 10.0. The van der Waals surface area contributed by atoms with Gasteiger partial charge >= 0.3 is 0 Å². The minimum Gasteiger partial charge on any atom is -0.356 e. The average molecular weight is 507 g/mol. The molecule has 1 unspecified atom stereocenters. The molecule has 0 aliphatic carbocycles. The van der Waals surface area contributed by atoms with Gasteiger partial charge in [-0.3, -0.25) is 4.79 Å². The van der Waals surface area contributed by atoms with Gasteiger partial charge in [-0.1, -0.05) is 0 Å². The van der Waals surface area contributed by atoms with E-state index >= 15 is 0 Å². The largest absolute Gasteiger partial charge is 0.356 e. The van der Waals surface area contributed by atoms with Gasteiger partial charge in [0, 0.05) is 37.2 Å². The van der Waals surface area contributed by atoms with Crippen molar-refractivity contribution in [2.75, 3.05) is 28.0 Å². The van der Waals surface area contributed by atoms with Crippen LogP contribution in [0.2, 0.25) is 0 Å². The number of carbonyl (C=O) groups excluding carboxylic acids is 1. The third-order valence-corrected chi connectivity index (χ3v) is 6.98. The number of aromatic nitrogens is 7. The molecule has 1 aliphatic heterocycles. The maximum absolute atomic E-state index is 13.0. The molecule has 184 valence electrons. The number of carbonyl (C=O) groups is 1. The monoisotopic (exact) mass is 506 g/mol. The van der Waals surface area contributed by atoms with Gasteiger partial charge in [0.1, 0.15) is 24.8 Å². The third kappa shape index (κ3) is 5.27. The van der Waals surface area contributed by atoms with E-state index < -0.39 is 10.0 Å². The summed E-state index contributed by atoms with van der Waals surface area (Å²) in [5.74, 6) is 0.874. The zero-order valence-corrected chi connectivity index (χ0v) is 19.8. The Morgan fingerprint density at radius 3 is 2.53 bits per heavy atom. The van der Waals surface area contributed by atoms with E-state index in [1.165, 1.54) is 37.2 Å². The van der Waals surface area contributed by atoms with Crippen molar-refractivity contribution in [3.8, 4) is 5.82 Å². The molecule has 1 fully saturated rings. The Hall–Kier alpha value is -4.46. The van der Waals surface area contributed by atoms with Crippen LogP contribution in [-0.2, 0) is 14.8 Å². The van der Waals surface area contributed by atoms with Crippen molar-refractivity contribution in [1.82, 2.24) is 34.7 Å². The van der Waals surface area contributed by atoms with Crippen LogP contribution in [0.3, 0.4) is 0 Å². The van der Waals surface area contributed by atoms with Gasteiger partial charge in [0.15, 0.2) is 5.82 Å². The van der Waals surface area contributed by atoms with Crippen molar-refractivity contribution < 1.29 is 13.2 Å². The van der Waals surface area contributed by atoms with Crippen LogP contribution in [0.15, 0.2) is 72.7 Å². The Labute approximate surface area is 206 Å². The number of hydrogen-bond acceptors (Lipinski definition) is 10. The molecular formula is C22H22N10O3S. The van der Waals surface area contributed by atoms with Crippen LogP contribution in [-0.4, -0.2) is 62.1 Å². The van der Waals surface area contributed by atoms with Crippen molar-refractivity contribution in [3.05, 3.63) is 67.8 Å². The number of piperidine rings is 1. The topological polar surface area (TPSA) is 161 Å². The fourth-order valence-electron chi connectivity index (χ4n) is 3.85. The van der Waals surface area contributed by atoms with E-state index in [-0.39, 0.29) is 22.7 Å². The summed E-state index contributed by atoms with van der Waals surface area (Å²) in [4.78, 5) is 35.3. The summed E-state index contributed by atoms with van der Waals surface area (Å²) >= 11 is 0. The summed E-state index contributed by atoms with van der Waals surface area (Å²) in [6.07, 6.45) is 8.89. The molecule has 5 rings (SSSR count). The fourth-order valence-corrected chi connectivity index (χ4v) is 4.81. The highest BCUT2D eigenvalue weighted by Gasteiger charge is 2.27. The molecule has 1 aliphatic rings. The molecule has 14 heteroatoms. The van der Waals surface area contributed by atoms with Gasteiger partial charge in [-0.05, 0) is 43.2 Å². The summed E-state index contributed by atoms with van der Waals surface area (Å²) in [6.45, 7) is 1.26.